The Balaban J connectivity index is 2.15. The van der Waals surface area contributed by atoms with E-state index in [1.54, 1.807) is 48.3 Å². The Labute approximate surface area is 121 Å². The normalized spacial score (nSPS) is 11.3. The van der Waals surface area contributed by atoms with Crippen molar-refractivity contribution in [2.75, 3.05) is 0 Å². The highest BCUT2D eigenvalue weighted by Crippen LogP contribution is 2.11. The minimum atomic E-state index is -0.999. The second-order valence-corrected chi connectivity index (χ2v) is 4.35. The van der Waals surface area contributed by atoms with Gasteiger partial charge in [-0.3, -0.25) is 9.78 Å². The number of pyridine rings is 1. The third-order valence-electron chi connectivity index (χ3n) is 2.97. The number of carboxylic acid groups (broad SMARTS) is 1. The second kappa shape index (κ2) is 6.47. The van der Waals surface area contributed by atoms with Crippen LogP contribution in [0.15, 0.2) is 48.8 Å². The first kappa shape index (κ1) is 14.5. The maximum absolute atomic E-state index is 11.9. The van der Waals surface area contributed by atoms with Crippen LogP contribution < -0.4 is 0 Å². The van der Waals surface area contributed by atoms with Crippen molar-refractivity contribution in [3.63, 3.8) is 0 Å². The number of aromatic nitrogens is 2. The molecule has 0 fully saturated rings. The Morgan fingerprint density at radius 2 is 1.62 bits per heavy atom. The first-order valence-corrected chi connectivity index (χ1v) is 6.27. The number of allylic oxidation sites excluding steroid dienone is 1. The molecule has 0 saturated heterocycles. The number of ketones is 1. The molecular formula is C16H14N2O3. The lowest BCUT2D eigenvalue weighted by atomic mass is 10.1. The van der Waals surface area contributed by atoms with E-state index < -0.39 is 5.97 Å². The molecule has 2 aromatic heterocycles. The molecule has 21 heavy (non-hydrogen) atoms. The first-order valence-electron chi connectivity index (χ1n) is 6.27. The third kappa shape index (κ3) is 3.76. The molecule has 0 saturated carbocycles. The molecule has 2 heterocycles. The Hall–Kier alpha value is -2.95. The molecular weight excluding hydrogens is 268 g/mol. The van der Waals surface area contributed by atoms with Crippen LogP contribution >= 0.6 is 0 Å². The minimum absolute atomic E-state index is 0.110. The van der Waals surface area contributed by atoms with Crippen LogP contribution in [0.1, 0.15) is 21.7 Å². The molecule has 2 aromatic rings. The predicted octanol–water partition coefficient (Wildman–Crippen LogP) is 2.41. The SMILES string of the molecule is Cn1c(/C=C/C(=O)O)ccc1/C=C/C(=O)c1ccncc1. The Morgan fingerprint density at radius 3 is 2.19 bits per heavy atom. The van der Waals surface area contributed by atoms with Gasteiger partial charge in [0.25, 0.3) is 0 Å². The molecule has 0 radical (unpaired) electrons. The smallest absolute Gasteiger partial charge is 0.328 e. The first-order chi connectivity index (χ1) is 10.1. The molecule has 0 aromatic carbocycles. The standard InChI is InChI=1S/C16H14N2O3/c1-18-13(2-3-14(18)5-7-16(20)21)4-6-15(19)12-8-10-17-11-9-12/h2-11H,1H3,(H,20,21)/b6-4+,7-5+. The van der Waals surface area contributed by atoms with E-state index in [2.05, 4.69) is 4.98 Å². The van der Waals surface area contributed by atoms with Gasteiger partial charge < -0.3 is 9.67 Å². The zero-order chi connectivity index (χ0) is 15.2. The summed E-state index contributed by atoms with van der Waals surface area (Å²) in [5.41, 5.74) is 2.12. The summed E-state index contributed by atoms with van der Waals surface area (Å²) in [6, 6.07) is 6.91. The van der Waals surface area contributed by atoms with E-state index in [9.17, 15) is 9.59 Å². The average Bonchev–Trinajstić information content (AvgIpc) is 2.84. The van der Waals surface area contributed by atoms with E-state index in [-0.39, 0.29) is 5.78 Å². The predicted molar refractivity (Wildman–Crippen MR) is 79.7 cm³/mol. The van der Waals surface area contributed by atoms with Crippen molar-refractivity contribution in [1.82, 2.24) is 9.55 Å². The van der Waals surface area contributed by atoms with Gasteiger partial charge in [0.2, 0.25) is 0 Å². The molecule has 0 aliphatic rings. The molecule has 5 heteroatoms. The number of hydrogen-bond donors (Lipinski definition) is 1. The molecule has 0 unspecified atom stereocenters. The summed E-state index contributed by atoms with van der Waals surface area (Å²) in [6.45, 7) is 0. The number of hydrogen-bond acceptors (Lipinski definition) is 3. The van der Waals surface area contributed by atoms with Gasteiger partial charge in [0, 0.05) is 42.5 Å². The molecule has 106 valence electrons. The van der Waals surface area contributed by atoms with Crippen LogP contribution in [0.4, 0.5) is 0 Å². The summed E-state index contributed by atoms with van der Waals surface area (Å²) in [6.07, 6.45) is 8.89. The van der Waals surface area contributed by atoms with Crippen molar-refractivity contribution in [3.8, 4) is 0 Å². The van der Waals surface area contributed by atoms with E-state index in [0.717, 1.165) is 17.5 Å². The molecule has 0 spiro atoms. The van der Waals surface area contributed by atoms with Gasteiger partial charge in [-0.1, -0.05) is 0 Å². The second-order valence-electron chi connectivity index (χ2n) is 4.35. The molecule has 0 aliphatic heterocycles. The van der Waals surface area contributed by atoms with Crippen LogP contribution in [0.25, 0.3) is 12.2 Å². The van der Waals surface area contributed by atoms with Crippen molar-refractivity contribution in [3.05, 3.63) is 65.8 Å². The average molecular weight is 282 g/mol. The summed E-state index contributed by atoms with van der Waals surface area (Å²) in [5, 5.41) is 8.61. The maximum Gasteiger partial charge on any atom is 0.328 e. The van der Waals surface area contributed by atoms with Gasteiger partial charge in [-0.05, 0) is 42.5 Å². The monoisotopic (exact) mass is 282 g/mol. The number of carbonyl (C=O) groups excluding carboxylic acids is 1. The number of aliphatic carboxylic acids is 1. The topological polar surface area (TPSA) is 72.2 Å². The van der Waals surface area contributed by atoms with Gasteiger partial charge >= 0.3 is 5.97 Å². The fourth-order valence-electron chi connectivity index (χ4n) is 1.81. The lowest BCUT2D eigenvalue weighted by Gasteiger charge is -2.00. The summed E-state index contributed by atoms with van der Waals surface area (Å²) in [5.74, 6) is -1.11. The van der Waals surface area contributed by atoms with Crippen LogP contribution in [-0.4, -0.2) is 26.4 Å². The van der Waals surface area contributed by atoms with Crippen LogP contribution in [0.2, 0.25) is 0 Å². The minimum Gasteiger partial charge on any atom is -0.478 e. The van der Waals surface area contributed by atoms with Crippen LogP contribution in [-0.2, 0) is 11.8 Å². The van der Waals surface area contributed by atoms with Gasteiger partial charge in [-0.2, -0.15) is 0 Å². The lowest BCUT2D eigenvalue weighted by molar-refractivity contribution is -0.131. The molecule has 1 N–H and O–H groups in total. The molecule has 0 amide bonds. The summed E-state index contributed by atoms with van der Waals surface area (Å²) < 4.78 is 1.80. The van der Waals surface area contributed by atoms with Gasteiger partial charge in [-0.25, -0.2) is 4.79 Å². The van der Waals surface area contributed by atoms with Crippen LogP contribution in [0.5, 0.6) is 0 Å². The van der Waals surface area contributed by atoms with Crippen molar-refractivity contribution in [2.45, 2.75) is 0 Å². The van der Waals surface area contributed by atoms with Crippen molar-refractivity contribution >= 4 is 23.9 Å². The van der Waals surface area contributed by atoms with E-state index in [0.29, 0.717) is 5.56 Å². The molecule has 0 atom stereocenters. The highest BCUT2D eigenvalue weighted by Gasteiger charge is 2.03. The summed E-state index contributed by atoms with van der Waals surface area (Å²) in [4.78, 5) is 26.3. The van der Waals surface area contributed by atoms with Crippen LogP contribution in [0, 0.1) is 0 Å². The Bertz CT molecular complexity index is 712. The van der Waals surface area contributed by atoms with Crippen molar-refractivity contribution in [2.24, 2.45) is 7.05 Å². The fourth-order valence-corrected chi connectivity index (χ4v) is 1.81. The number of rotatable bonds is 5. The van der Waals surface area contributed by atoms with E-state index in [4.69, 9.17) is 5.11 Å². The van der Waals surface area contributed by atoms with Gasteiger partial charge in [0.15, 0.2) is 5.78 Å². The lowest BCUT2D eigenvalue weighted by Crippen LogP contribution is -1.96. The van der Waals surface area contributed by atoms with E-state index in [1.807, 2.05) is 6.07 Å². The van der Waals surface area contributed by atoms with Gasteiger partial charge in [-0.15, -0.1) is 0 Å². The van der Waals surface area contributed by atoms with Crippen LogP contribution in [0.3, 0.4) is 0 Å². The molecule has 0 bridgehead atoms. The van der Waals surface area contributed by atoms with E-state index in [1.165, 1.54) is 12.2 Å². The van der Waals surface area contributed by atoms with Gasteiger partial charge in [0.05, 0.1) is 0 Å². The molecule has 0 aliphatic carbocycles. The Morgan fingerprint density at radius 1 is 1.05 bits per heavy atom. The fraction of sp³-hybridized carbons (Fsp3) is 0.0625. The van der Waals surface area contributed by atoms with Gasteiger partial charge in [0.1, 0.15) is 0 Å². The van der Waals surface area contributed by atoms with Crippen molar-refractivity contribution in [1.29, 1.82) is 0 Å². The number of nitrogens with zero attached hydrogens (tertiary/aromatic N) is 2. The summed E-state index contributed by atoms with van der Waals surface area (Å²) in [7, 11) is 1.80. The van der Waals surface area contributed by atoms with E-state index >= 15 is 0 Å². The number of carbonyl (C=O) groups is 2. The largest absolute Gasteiger partial charge is 0.478 e. The number of carboxylic acids is 1. The quantitative estimate of drug-likeness (QED) is 0.675. The maximum atomic E-state index is 11.9. The highest BCUT2D eigenvalue weighted by atomic mass is 16.4. The summed E-state index contributed by atoms with van der Waals surface area (Å²) >= 11 is 0. The highest BCUT2D eigenvalue weighted by molar-refractivity contribution is 6.06. The molecule has 5 nitrogen and oxygen atoms in total. The van der Waals surface area contributed by atoms with Crippen molar-refractivity contribution < 1.29 is 14.7 Å². The Kier molecular flexibility index (Phi) is 4.46. The molecule has 2 rings (SSSR count). The zero-order valence-electron chi connectivity index (χ0n) is 11.4. The zero-order valence-corrected chi connectivity index (χ0v) is 11.4. The third-order valence-corrected chi connectivity index (χ3v) is 2.97.